The van der Waals surface area contributed by atoms with E-state index < -0.39 is 18.4 Å². The van der Waals surface area contributed by atoms with Crippen molar-refractivity contribution in [3.05, 3.63) is 87.8 Å². The van der Waals surface area contributed by atoms with Crippen LogP contribution in [0.5, 0.6) is 11.5 Å². The maximum absolute atomic E-state index is 12.6. The summed E-state index contributed by atoms with van der Waals surface area (Å²) in [6, 6.07) is 19.1. The molecule has 0 radical (unpaired) electrons. The first-order chi connectivity index (χ1) is 17.8. The highest BCUT2D eigenvalue weighted by Crippen LogP contribution is 2.36. The zero-order chi connectivity index (χ0) is 26.5. The summed E-state index contributed by atoms with van der Waals surface area (Å²) in [6.45, 7) is 3.99. The molecule has 0 saturated carbocycles. The summed E-state index contributed by atoms with van der Waals surface area (Å²) >= 11 is 6.15. The molecule has 0 spiro atoms. The Morgan fingerprint density at radius 3 is 2.46 bits per heavy atom. The first kappa shape index (κ1) is 26.1. The van der Waals surface area contributed by atoms with Crippen LogP contribution in [0.3, 0.4) is 0 Å². The zero-order valence-electron chi connectivity index (χ0n) is 20.6. The number of halogens is 1. The second-order valence-electron chi connectivity index (χ2n) is 8.69. The number of hydrogen-bond acceptors (Lipinski definition) is 8. The number of ether oxygens (including phenoxy) is 1. The SMILES string of the molecule is CCNC(=O)C[C@@H]1N=C(c2ccc(Cl)cc2)c2cc(Oc3ccc(N)cc3)ccc2N(C(C)N=O)C1N. The molecule has 0 aliphatic carbocycles. The first-order valence-corrected chi connectivity index (χ1v) is 12.3. The third-order valence-corrected chi connectivity index (χ3v) is 6.32. The smallest absolute Gasteiger partial charge is 0.222 e. The van der Waals surface area contributed by atoms with E-state index in [1.54, 1.807) is 54.3 Å². The van der Waals surface area contributed by atoms with Gasteiger partial charge in [-0.3, -0.25) is 9.79 Å². The van der Waals surface area contributed by atoms with Crippen LogP contribution in [-0.2, 0) is 4.79 Å². The largest absolute Gasteiger partial charge is 0.457 e. The predicted molar refractivity (Wildman–Crippen MR) is 147 cm³/mol. The molecule has 1 heterocycles. The molecule has 9 nitrogen and oxygen atoms in total. The number of nitrogen functional groups attached to an aromatic ring is 1. The lowest BCUT2D eigenvalue weighted by Gasteiger charge is -2.35. The van der Waals surface area contributed by atoms with Crippen molar-refractivity contribution >= 4 is 34.6 Å². The van der Waals surface area contributed by atoms with Crippen molar-refractivity contribution in [2.45, 2.75) is 38.6 Å². The Labute approximate surface area is 220 Å². The van der Waals surface area contributed by atoms with Gasteiger partial charge in [0.05, 0.1) is 18.2 Å². The standard InChI is InChI=1S/C27H29ClN6O3/c1-3-31-25(35)15-23-27(30)34(16(2)33-36)24-13-12-21(37-20-10-8-19(29)9-11-20)14-22(24)26(32-23)17-4-6-18(28)7-5-17/h4-14,16,23,27H,3,15,29-30H2,1-2H3,(H,31,35)/t16?,23-,27?/m0/s1. The highest BCUT2D eigenvalue weighted by Gasteiger charge is 2.35. The molecule has 1 aliphatic rings. The van der Waals surface area contributed by atoms with Crippen LogP contribution in [0.1, 0.15) is 31.4 Å². The number of hydrogen-bond donors (Lipinski definition) is 3. The fraction of sp³-hybridized carbons (Fsp3) is 0.259. The number of nitrogens with one attached hydrogen (secondary N) is 1. The van der Waals surface area contributed by atoms with E-state index in [9.17, 15) is 9.70 Å². The van der Waals surface area contributed by atoms with Gasteiger partial charge >= 0.3 is 0 Å². The van der Waals surface area contributed by atoms with Gasteiger partial charge in [0, 0.05) is 34.1 Å². The van der Waals surface area contributed by atoms with Crippen LogP contribution in [0.2, 0.25) is 5.02 Å². The number of benzodiazepines with no additional fused rings is 1. The average Bonchev–Trinajstić information content (AvgIpc) is 3.00. The predicted octanol–water partition coefficient (Wildman–Crippen LogP) is 4.66. The van der Waals surface area contributed by atoms with Gasteiger partial charge in [-0.15, -0.1) is 4.91 Å². The Hall–Kier alpha value is -3.95. The van der Waals surface area contributed by atoms with Gasteiger partial charge in [0.1, 0.15) is 17.7 Å². The number of amides is 1. The molecule has 0 saturated heterocycles. The number of nitrogens with two attached hydrogens (primary N) is 2. The lowest BCUT2D eigenvalue weighted by atomic mass is 9.99. The lowest BCUT2D eigenvalue weighted by molar-refractivity contribution is -0.121. The van der Waals surface area contributed by atoms with E-state index in [1.165, 1.54) is 0 Å². The summed E-state index contributed by atoms with van der Waals surface area (Å²) in [4.78, 5) is 31.0. The maximum atomic E-state index is 12.6. The molecule has 1 amide bonds. The van der Waals surface area contributed by atoms with E-state index in [0.29, 0.717) is 45.7 Å². The fourth-order valence-electron chi connectivity index (χ4n) is 4.29. The second-order valence-corrected chi connectivity index (χ2v) is 9.13. The average molecular weight is 521 g/mol. The molecular weight excluding hydrogens is 492 g/mol. The molecule has 0 fully saturated rings. The molecule has 0 bridgehead atoms. The Balaban J connectivity index is 1.88. The Morgan fingerprint density at radius 2 is 1.81 bits per heavy atom. The molecule has 2 unspecified atom stereocenters. The normalized spacial score (nSPS) is 17.7. The minimum atomic E-state index is -0.811. The number of rotatable bonds is 8. The van der Waals surface area contributed by atoms with E-state index >= 15 is 0 Å². The van der Waals surface area contributed by atoms with E-state index in [-0.39, 0.29) is 12.3 Å². The van der Waals surface area contributed by atoms with Crippen molar-refractivity contribution in [2.75, 3.05) is 17.2 Å². The second kappa shape index (κ2) is 11.4. The quantitative estimate of drug-likeness (QED) is 0.292. The van der Waals surface area contributed by atoms with Crippen LogP contribution < -0.4 is 26.4 Å². The molecule has 5 N–H and O–H groups in total. The van der Waals surface area contributed by atoms with Crippen LogP contribution in [-0.4, -0.2) is 36.5 Å². The third-order valence-electron chi connectivity index (χ3n) is 6.07. The van der Waals surface area contributed by atoms with Crippen molar-refractivity contribution in [3.8, 4) is 11.5 Å². The number of carbonyl (C=O) groups excluding carboxylic acids is 1. The minimum absolute atomic E-state index is 0.0386. The van der Waals surface area contributed by atoms with Crippen LogP contribution >= 0.6 is 11.6 Å². The molecule has 3 aromatic rings. The molecule has 37 heavy (non-hydrogen) atoms. The molecule has 1 aliphatic heterocycles. The molecule has 3 aromatic carbocycles. The van der Waals surface area contributed by atoms with Gasteiger partial charge < -0.3 is 26.4 Å². The topological polar surface area (TPSA) is 135 Å². The number of carbonyl (C=O) groups is 1. The molecule has 0 aromatic heterocycles. The zero-order valence-corrected chi connectivity index (χ0v) is 21.4. The fourth-order valence-corrected chi connectivity index (χ4v) is 4.41. The summed E-state index contributed by atoms with van der Waals surface area (Å²) in [7, 11) is 0. The summed E-state index contributed by atoms with van der Waals surface area (Å²) < 4.78 is 6.09. The van der Waals surface area contributed by atoms with Crippen molar-refractivity contribution in [1.82, 2.24) is 5.32 Å². The van der Waals surface area contributed by atoms with Gasteiger partial charge in [0.25, 0.3) is 0 Å². The van der Waals surface area contributed by atoms with E-state index in [1.807, 2.05) is 31.2 Å². The summed E-state index contributed by atoms with van der Waals surface area (Å²) in [5, 5.41) is 6.62. The van der Waals surface area contributed by atoms with Crippen molar-refractivity contribution in [3.63, 3.8) is 0 Å². The van der Waals surface area contributed by atoms with Gasteiger partial charge in [0.2, 0.25) is 5.91 Å². The molecular formula is C27H29ClN6O3. The Bertz CT molecular complexity index is 1300. The van der Waals surface area contributed by atoms with Gasteiger partial charge in [0.15, 0.2) is 6.17 Å². The molecule has 4 rings (SSSR count). The Kier molecular flexibility index (Phi) is 8.05. The summed E-state index contributed by atoms with van der Waals surface area (Å²) in [6.07, 6.45) is -1.56. The molecule has 192 valence electrons. The van der Waals surface area contributed by atoms with Crippen molar-refractivity contribution < 1.29 is 9.53 Å². The number of anilines is 2. The molecule has 10 heteroatoms. The van der Waals surface area contributed by atoms with E-state index in [0.717, 1.165) is 5.56 Å². The van der Waals surface area contributed by atoms with Gasteiger partial charge in [-0.2, -0.15) is 0 Å². The number of nitrogens with zero attached hydrogens (tertiary/aromatic N) is 3. The summed E-state index contributed by atoms with van der Waals surface area (Å²) in [5.41, 5.74) is 15.8. The highest BCUT2D eigenvalue weighted by molar-refractivity contribution is 6.30. The maximum Gasteiger partial charge on any atom is 0.222 e. The number of aliphatic imine (C=N–C) groups is 1. The van der Waals surface area contributed by atoms with Crippen LogP contribution in [0, 0.1) is 4.91 Å². The van der Waals surface area contributed by atoms with Crippen molar-refractivity contribution in [1.29, 1.82) is 0 Å². The first-order valence-electron chi connectivity index (χ1n) is 11.9. The van der Waals surface area contributed by atoms with Crippen LogP contribution in [0.25, 0.3) is 0 Å². The number of fused-ring (bicyclic) bond motifs is 1. The van der Waals surface area contributed by atoms with E-state index in [2.05, 4.69) is 10.5 Å². The monoisotopic (exact) mass is 520 g/mol. The number of nitroso groups, excluding NO2 is 1. The molecule has 3 atom stereocenters. The van der Waals surface area contributed by atoms with Gasteiger partial charge in [-0.1, -0.05) is 23.7 Å². The number of benzene rings is 3. The minimum Gasteiger partial charge on any atom is -0.457 e. The third kappa shape index (κ3) is 5.90. The van der Waals surface area contributed by atoms with Crippen LogP contribution in [0.15, 0.2) is 76.9 Å². The Morgan fingerprint density at radius 1 is 1.14 bits per heavy atom. The van der Waals surface area contributed by atoms with Gasteiger partial charge in [-0.25, -0.2) is 0 Å². The highest BCUT2D eigenvalue weighted by atomic mass is 35.5. The lowest BCUT2D eigenvalue weighted by Crippen LogP contribution is -2.53. The van der Waals surface area contributed by atoms with Crippen LogP contribution in [0.4, 0.5) is 11.4 Å². The van der Waals surface area contributed by atoms with E-state index in [4.69, 9.17) is 32.8 Å². The summed E-state index contributed by atoms with van der Waals surface area (Å²) in [5.74, 6) is 0.970. The van der Waals surface area contributed by atoms with Crippen molar-refractivity contribution in [2.24, 2.45) is 15.9 Å². The van der Waals surface area contributed by atoms with Gasteiger partial charge in [-0.05, 0) is 73.6 Å².